The summed E-state index contributed by atoms with van der Waals surface area (Å²) in [5.41, 5.74) is 0. The molecule has 0 N–H and O–H groups in total. The molecule has 2 fully saturated rings. The first-order chi connectivity index (χ1) is 6.95. The highest BCUT2D eigenvalue weighted by molar-refractivity contribution is 4.68. The lowest BCUT2D eigenvalue weighted by atomic mass is 10.2. The summed E-state index contributed by atoms with van der Waals surface area (Å²) in [4.78, 5) is 0. The fourth-order valence-corrected chi connectivity index (χ4v) is 1.77. The molecule has 82 valence electrons. The normalized spacial score (nSPS) is 31.7. The van der Waals surface area contributed by atoms with Crippen LogP contribution in [0.15, 0.2) is 0 Å². The smallest absolute Gasteiger partial charge is 0.157 e. The molecule has 14 heavy (non-hydrogen) atoms. The molecule has 2 aliphatic rings. The van der Waals surface area contributed by atoms with Crippen molar-refractivity contribution in [3.8, 4) is 0 Å². The highest BCUT2D eigenvalue weighted by Crippen LogP contribution is 2.17. The van der Waals surface area contributed by atoms with Crippen molar-refractivity contribution in [3.63, 3.8) is 0 Å². The second-order valence-corrected chi connectivity index (χ2v) is 4.12. The summed E-state index contributed by atoms with van der Waals surface area (Å²) < 4.78 is 16.2. The van der Waals surface area contributed by atoms with Gasteiger partial charge in [0.25, 0.3) is 0 Å². The Bertz CT molecular complexity index is 151. The molecule has 2 aliphatic heterocycles. The van der Waals surface area contributed by atoms with E-state index in [4.69, 9.17) is 14.2 Å². The molecule has 0 aromatic heterocycles. The largest absolute Gasteiger partial charge is 0.373 e. The average molecular weight is 200 g/mol. The topological polar surface area (TPSA) is 31.0 Å². The van der Waals surface area contributed by atoms with Crippen LogP contribution < -0.4 is 0 Å². The highest BCUT2D eigenvalue weighted by Gasteiger charge is 2.21. The van der Waals surface area contributed by atoms with Crippen LogP contribution in [0, 0.1) is 0 Å². The second kappa shape index (κ2) is 5.69. The summed E-state index contributed by atoms with van der Waals surface area (Å²) in [6.07, 6.45) is 7.74. The molecule has 0 aromatic carbocycles. The Balaban J connectivity index is 1.41. The first kappa shape index (κ1) is 10.4. The van der Waals surface area contributed by atoms with Gasteiger partial charge in [-0.15, -0.1) is 0 Å². The van der Waals surface area contributed by atoms with E-state index < -0.39 is 0 Å². The third-order valence-electron chi connectivity index (χ3n) is 2.76. The van der Waals surface area contributed by atoms with Crippen molar-refractivity contribution in [3.05, 3.63) is 0 Å². The number of hydrogen-bond donors (Lipinski definition) is 0. The molecule has 0 amide bonds. The summed E-state index contributed by atoms with van der Waals surface area (Å²) in [6, 6.07) is 0. The third-order valence-corrected chi connectivity index (χ3v) is 2.76. The van der Waals surface area contributed by atoms with Gasteiger partial charge in [-0.3, -0.25) is 0 Å². The number of ether oxygens (including phenoxy) is 3. The van der Waals surface area contributed by atoms with E-state index in [1.54, 1.807) is 0 Å². The standard InChI is InChI=1S/C11H20O3/c1(5-10-9-14-10)3-7-12-11-6-2-4-8-13-11/h10-11H,1-9H2. The van der Waals surface area contributed by atoms with Gasteiger partial charge in [-0.1, -0.05) is 0 Å². The molecular weight excluding hydrogens is 180 g/mol. The molecule has 0 aliphatic carbocycles. The number of unbranched alkanes of at least 4 members (excludes halogenated alkanes) is 1. The molecule has 2 atom stereocenters. The fourth-order valence-electron chi connectivity index (χ4n) is 1.77. The molecular formula is C11H20O3. The Morgan fingerprint density at radius 3 is 2.79 bits per heavy atom. The molecule has 3 heteroatoms. The van der Waals surface area contributed by atoms with Crippen molar-refractivity contribution in [2.75, 3.05) is 19.8 Å². The molecule has 0 aromatic rings. The number of hydrogen-bond acceptors (Lipinski definition) is 3. The SMILES string of the molecule is C(CCC1CO1)COC1CCCCO1. The molecule has 2 saturated heterocycles. The fraction of sp³-hybridized carbons (Fsp3) is 1.00. The maximum Gasteiger partial charge on any atom is 0.157 e. The van der Waals surface area contributed by atoms with Crippen LogP contribution in [0.2, 0.25) is 0 Å². The van der Waals surface area contributed by atoms with Gasteiger partial charge in [0.2, 0.25) is 0 Å². The minimum absolute atomic E-state index is 0.0842. The van der Waals surface area contributed by atoms with Crippen molar-refractivity contribution >= 4 is 0 Å². The van der Waals surface area contributed by atoms with Crippen molar-refractivity contribution in [1.82, 2.24) is 0 Å². The summed E-state index contributed by atoms with van der Waals surface area (Å²) in [6.45, 7) is 2.70. The summed E-state index contributed by atoms with van der Waals surface area (Å²) >= 11 is 0. The minimum Gasteiger partial charge on any atom is -0.373 e. The molecule has 2 heterocycles. The maximum absolute atomic E-state index is 5.62. The zero-order chi connectivity index (χ0) is 9.64. The summed E-state index contributed by atoms with van der Waals surface area (Å²) in [5, 5.41) is 0. The Morgan fingerprint density at radius 1 is 1.14 bits per heavy atom. The van der Waals surface area contributed by atoms with Crippen LogP contribution in [-0.2, 0) is 14.2 Å². The monoisotopic (exact) mass is 200 g/mol. The quantitative estimate of drug-likeness (QED) is 0.486. The maximum atomic E-state index is 5.62. The lowest BCUT2D eigenvalue weighted by Gasteiger charge is -2.22. The predicted molar refractivity (Wildman–Crippen MR) is 53.1 cm³/mol. The Hall–Kier alpha value is -0.120. The molecule has 2 unspecified atom stereocenters. The predicted octanol–water partition coefficient (Wildman–Crippen LogP) is 2.10. The van der Waals surface area contributed by atoms with E-state index in [1.807, 2.05) is 0 Å². The van der Waals surface area contributed by atoms with Crippen LogP contribution in [0.1, 0.15) is 38.5 Å². The van der Waals surface area contributed by atoms with E-state index in [2.05, 4.69) is 0 Å². The van der Waals surface area contributed by atoms with Gasteiger partial charge < -0.3 is 14.2 Å². The van der Waals surface area contributed by atoms with Crippen molar-refractivity contribution < 1.29 is 14.2 Å². The van der Waals surface area contributed by atoms with Gasteiger partial charge in [-0.05, 0) is 38.5 Å². The zero-order valence-corrected chi connectivity index (χ0v) is 8.74. The number of epoxide rings is 1. The van der Waals surface area contributed by atoms with Crippen molar-refractivity contribution in [1.29, 1.82) is 0 Å². The van der Waals surface area contributed by atoms with Crippen molar-refractivity contribution in [2.45, 2.75) is 50.9 Å². The highest BCUT2D eigenvalue weighted by atomic mass is 16.7. The first-order valence-corrected chi connectivity index (χ1v) is 5.80. The van der Waals surface area contributed by atoms with Crippen LogP contribution in [-0.4, -0.2) is 32.2 Å². The number of rotatable bonds is 6. The van der Waals surface area contributed by atoms with Crippen LogP contribution in [0.25, 0.3) is 0 Å². The lowest BCUT2D eigenvalue weighted by Crippen LogP contribution is -2.22. The first-order valence-electron chi connectivity index (χ1n) is 5.80. The molecule has 0 saturated carbocycles. The Morgan fingerprint density at radius 2 is 2.07 bits per heavy atom. The van der Waals surface area contributed by atoms with E-state index in [-0.39, 0.29) is 6.29 Å². The van der Waals surface area contributed by atoms with Gasteiger partial charge in [-0.2, -0.15) is 0 Å². The Kier molecular flexibility index (Phi) is 4.22. The van der Waals surface area contributed by atoms with Crippen molar-refractivity contribution in [2.24, 2.45) is 0 Å². The van der Waals surface area contributed by atoms with E-state index in [9.17, 15) is 0 Å². The molecule has 0 bridgehead atoms. The van der Waals surface area contributed by atoms with Gasteiger partial charge >= 0.3 is 0 Å². The van der Waals surface area contributed by atoms with Gasteiger partial charge in [0, 0.05) is 13.2 Å². The van der Waals surface area contributed by atoms with E-state index in [0.717, 1.165) is 32.7 Å². The van der Waals surface area contributed by atoms with Gasteiger partial charge in [0.15, 0.2) is 6.29 Å². The second-order valence-electron chi connectivity index (χ2n) is 4.12. The molecule has 0 radical (unpaired) electrons. The summed E-state index contributed by atoms with van der Waals surface area (Å²) in [5.74, 6) is 0. The lowest BCUT2D eigenvalue weighted by molar-refractivity contribution is -0.162. The van der Waals surface area contributed by atoms with Crippen LogP contribution in [0.4, 0.5) is 0 Å². The van der Waals surface area contributed by atoms with Crippen LogP contribution in [0.5, 0.6) is 0 Å². The Labute approximate surface area is 85.7 Å². The molecule has 3 nitrogen and oxygen atoms in total. The van der Waals surface area contributed by atoms with Gasteiger partial charge in [0.1, 0.15) is 0 Å². The molecule has 0 spiro atoms. The third kappa shape index (κ3) is 3.95. The van der Waals surface area contributed by atoms with Gasteiger partial charge in [-0.25, -0.2) is 0 Å². The van der Waals surface area contributed by atoms with E-state index in [1.165, 1.54) is 25.7 Å². The van der Waals surface area contributed by atoms with E-state index in [0.29, 0.717) is 6.10 Å². The summed E-state index contributed by atoms with van der Waals surface area (Å²) in [7, 11) is 0. The van der Waals surface area contributed by atoms with Gasteiger partial charge in [0.05, 0.1) is 12.7 Å². The van der Waals surface area contributed by atoms with Crippen LogP contribution >= 0.6 is 0 Å². The average Bonchev–Trinajstić information content (AvgIpc) is 3.03. The zero-order valence-electron chi connectivity index (χ0n) is 8.74. The minimum atomic E-state index is 0.0842. The van der Waals surface area contributed by atoms with E-state index >= 15 is 0 Å². The molecule has 2 rings (SSSR count). The van der Waals surface area contributed by atoms with Crippen LogP contribution in [0.3, 0.4) is 0 Å².